The second kappa shape index (κ2) is 9.42. The monoisotopic (exact) mass is 508 g/mol. The number of hydrogen-bond donors (Lipinski definition) is 2. The number of rotatable bonds is 7. The molecule has 3 heterocycles. The van der Waals surface area contributed by atoms with E-state index in [-0.39, 0.29) is 23.5 Å². The van der Waals surface area contributed by atoms with Crippen LogP contribution in [0.2, 0.25) is 0 Å². The van der Waals surface area contributed by atoms with Gasteiger partial charge in [-0.3, -0.25) is 18.8 Å². The van der Waals surface area contributed by atoms with E-state index in [1.165, 1.54) is 23.0 Å². The molecule has 9 nitrogen and oxygen atoms in total. The highest BCUT2D eigenvalue weighted by molar-refractivity contribution is 5.83. The smallest absolute Gasteiger partial charge is 0.293 e. The van der Waals surface area contributed by atoms with Gasteiger partial charge in [0, 0.05) is 48.7 Å². The minimum atomic E-state index is -0.312. The van der Waals surface area contributed by atoms with E-state index in [0.717, 1.165) is 5.39 Å². The molecule has 1 fully saturated rings. The molecule has 2 N–H and O–H groups in total. The molecule has 0 atom stereocenters. The number of aromatic nitrogens is 5. The number of aliphatic hydroxyl groups excluding tert-OH is 1. The summed E-state index contributed by atoms with van der Waals surface area (Å²) in [5.41, 5.74) is 3.71. The Morgan fingerprint density at radius 2 is 1.92 bits per heavy atom. The summed E-state index contributed by atoms with van der Waals surface area (Å²) in [7, 11) is 1.65. The maximum Gasteiger partial charge on any atom is 0.293 e. The minimum Gasteiger partial charge on any atom is -0.392 e. The van der Waals surface area contributed by atoms with Gasteiger partial charge in [-0.1, -0.05) is 24.3 Å². The zero-order valence-electron chi connectivity index (χ0n) is 21.3. The molecule has 0 amide bonds. The summed E-state index contributed by atoms with van der Waals surface area (Å²) < 4.78 is 4.76. The van der Waals surface area contributed by atoms with Crippen molar-refractivity contribution in [2.45, 2.75) is 38.8 Å². The van der Waals surface area contributed by atoms with E-state index in [4.69, 9.17) is 0 Å². The van der Waals surface area contributed by atoms with Crippen LogP contribution in [0.25, 0.3) is 27.7 Å². The van der Waals surface area contributed by atoms with Crippen molar-refractivity contribution in [3.8, 4) is 16.9 Å². The van der Waals surface area contributed by atoms with Gasteiger partial charge in [-0.25, -0.2) is 4.98 Å². The minimum absolute atomic E-state index is 0.143. The van der Waals surface area contributed by atoms with E-state index in [2.05, 4.69) is 21.5 Å². The molecule has 0 aliphatic heterocycles. The van der Waals surface area contributed by atoms with Crippen LogP contribution in [-0.4, -0.2) is 29.0 Å². The summed E-state index contributed by atoms with van der Waals surface area (Å²) in [6, 6.07) is 13.5. The summed E-state index contributed by atoms with van der Waals surface area (Å²) in [6.45, 7) is 2.37. The maximum absolute atomic E-state index is 13.5. The van der Waals surface area contributed by atoms with Crippen molar-refractivity contribution in [3.63, 3.8) is 0 Å². The van der Waals surface area contributed by atoms with Gasteiger partial charge in [-0.05, 0) is 54.8 Å². The van der Waals surface area contributed by atoms with Gasteiger partial charge in [0.1, 0.15) is 0 Å². The molecular weight excluding hydrogens is 480 g/mol. The fourth-order valence-corrected chi connectivity index (χ4v) is 4.89. The highest BCUT2D eigenvalue weighted by Crippen LogP contribution is 2.40. The fraction of sp³-hybridized carbons (Fsp3) is 0.241. The van der Waals surface area contributed by atoms with E-state index >= 15 is 0 Å². The molecule has 5 aromatic rings. The number of hydrogen-bond acceptors (Lipinski definition) is 6. The van der Waals surface area contributed by atoms with Crippen LogP contribution in [0.3, 0.4) is 0 Å². The first kappa shape index (κ1) is 23.9. The number of aliphatic hydroxyl groups is 1. The number of nitrogens with zero attached hydrogens (tertiary/aromatic N) is 5. The molecule has 0 spiro atoms. The molecule has 9 heteroatoms. The Balaban J connectivity index is 1.44. The molecule has 2 aromatic carbocycles. The van der Waals surface area contributed by atoms with E-state index < -0.39 is 0 Å². The van der Waals surface area contributed by atoms with Gasteiger partial charge in [-0.2, -0.15) is 5.10 Å². The third-order valence-corrected chi connectivity index (χ3v) is 7.11. The highest BCUT2D eigenvalue weighted by atomic mass is 16.3. The van der Waals surface area contributed by atoms with Crippen LogP contribution in [0, 0.1) is 0 Å². The zero-order chi connectivity index (χ0) is 26.4. The number of aryl methyl sites for hydroxylation is 2. The number of anilines is 2. The second-order valence-electron chi connectivity index (χ2n) is 9.67. The lowest BCUT2D eigenvalue weighted by Crippen LogP contribution is -2.22. The average molecular weight is 509 g/mol. The van der Waals surface area contributed by atoms with Crippen molar-refractivity contribution in [2.24, 2.45) is 7.05 Å². The van der Waals surface area contributed by atoms with Crippen LogP contribution in [0.5, 0.6) is 0 Å². The number of nitrogens with one attached hydrogen (secondary N) is 1. The molecule has 1 saturated carbocycles. The molecule has 0 bridgehead atoms. The molecule has 192 valence electrons. The predicted octanol–water partition coefficient (Wildman–Crippen LogP) is 4.08. The van der Waals surface area contributed by atoms with Gasteiger partial charge < -0.3 is 15.0 Å². The predicted molar refractivity (Wildman–Crippen MR) is 147 cm³/mol. The molecule has 1 aliphatic carbocycles. The van der Waals surface area contributed by atoms with Crippen molar-refractivity contribution in [1.29, 1.82) is 0 Å². The van der Waals surface area contributed by atoms with Crippen LogP contribution in [-0.2, 0) is 20.2 Å². The summed E-state index contributed by atoms with van der Waals surface area (Å²) in [5, 5.41) is 19.3. The molecule has 6 rings (SSSR count). The van der Waals surface area contributed by atoms with Crippen LogP contribution >= 0.6 is 0 Å². The van der Waals surface area contributed by atoms with E-state index in [9.17, 15) is 14.7 Å². The zero-order valence-corrected chi connectivity index (χ0v) is 21.3. The van der Waals surface area contributed by atoms with Gasteiger partial charge in [0.2, 0.25) is 0 Å². The first-order valence-electron chi connectivity index (χ1n) is 12.7. The lowest BCUT2D eigenvalue weighted by molar-refractivity contribution is 0.282. The summed E-state index contributed by atoms with van der Waals surface area (Å²) in [6.07, 6.45) is 9.22. The van der Waals surface area contributed by atoms with Crippen molar-refractivity contribution >= 4 is 22.3 Å². The van der Waals surface area contributed by atoms with Crippen LogP contribution in [0.1, 0.15) is 36.8 Å². The summed E-state index contributed by atoms with van der Waals surface area (Å²) in [4.78, 5) is 31.0. The first-order chi connectivity index (χ1) is 18.5. The summed E-state index contributed by atoms with van der Waals surface area (Å²) >= 11 is 0. The Kier molecular flexibility index (Phi) is 5.92. The molecule has 0 radical (unpaired) electrons. The normalized spacial score (nSPS) is 13.2. The topological polar surface area (TPSA) is 107 Å². The van der Waals surface area contributed by atoms with E-state index in [1.54, 1.807) is 47.2 Å². The Hall–Kier alpha value is -4.50. The van der Waals surface area contributed by atoms with Gasteiger partial charge in [-0.15, -0.1) is 0 Å². The summed E-state index contributed by atoms with van der Waals surface area (Å²) in [5.74, 6) is 0.750. The standard InChI is InChI=1S/C29H28N6O3/c1-3-34-15-21(14-30-34)31-27-29(38)33(2)16-25(32-27)23-5-4-6-26(24(23)17-36)35-12-11-20-13-19(18-7-8-18)9-10-22(20)28(35)37/h4-6,9-16,18,36H,3,7-8,17H2,1-2H3,(H,31,32). The van der Waals surface area contributed by atoms with Gasteiger partial charge in [0.05, 0.1) is 29.9 Å². The van der Waals surface area contributed by atoms with Crippen LogP contribution in [0.15, 0.2) is 76.8 Å². The average Bonchev–Trinajstić information content (AvgIpc) is 3.69. The van der Waals surface area contributed by atoms with E-state index in [1.807, 2.05) is 37.3 Å². The van der Waals surface area contributed by atoms with Crippen molar-refractivity contribution in [2.75, 3.05) is 5.32 Å². The molecule has 38 heavy (non-hydrogen) atoms. The molecule has 1 aliphatic rings. The Bertz CT molecular complexity index is 1790. The third-order valence-electron chi connectivity index (χ3n) is 7.11. The third kappa shape index (κ3) is 4.20. The lowest BCUT2D eigenvalue weighted by atomic mass is 10.0. The molecule has 3 aromatic heterocycles. The highest BCUT2D eigenvalue weighted by Gasteiger charge is 2.24. The quantitative estimate of drug-likeness (QED) is 0.343. The largest absolute Gasteiger partial charge is 0.392 e. The molecule has 0 unspecified atom stereocenters. The van der Waals surface area contributed by atoms with Gasteiger partial charge >= 0.3 is 0 Å². The Morgan fingerprint density at radius 3 is 2.66 bits per heavy atom. The Morgan fingerprint density at radius 1 is 1.08 bits per heavy atom. The fourth-order valence-electron chi connectivity index (χ4n) is 4.89. The van der Waals surface area contributed by atoms with Crippen molar-refractivity contribution < 1.29 is 5.11 Å². The lowest BCUT2D eigenvalue weighted by Gasteiger charge is -2.16. The number of pyridine rings is 1. The van der Waals surface area contributed by atoms with Crippen LogP contribution in [0.4, 0.5) is 11.5 Å². The van der Waals surface area contributed by atoms with Gasteiger partial charge in [0.25, 0.3) is 11.1 Å². The maximum atomic E-state index is 13.5. The SMILES string of the molecule is CCn1cc(Nc2nc(-c3cccc(-n4ccc5cc(C6CC6)ccc5c4=O)c3CO)cn(C)c2=O)cn1. The molecular formula is C29H28N6O3. The second-order valence-corrected chi connectivity index (χ2v) is 9.67. The van der Waals surface area contributed by atoms with E-state index in [0.29, 0.717) is 46.0 Å². The van der Waals surface area contributed by atoms with Gasteiger partial charge in [0.15, 0.2) is 5.82 Å². The first-order valence-corrected chi connectivity index (χ1v) is 12.7. The molecule has 0 saturated heterocycles. The van der Waals surface area contributed by atoms with Crippen molar-refractivity contribution in [3.05, 3.63) is 99.1 Å². The van der Waals surface area contributed by atoms with Crippen LogP contribution < -0.4 is 16.4 Å². The number of fused-ring (bicyclic) bond motifs is 1. The Labute approximate surface area is 218 Å². The van der Waals surface area contributed by atoms with Crippen molar-refractivity contribution in [1.82, 2.24) is 23.9 Å². The number of benzene rings is 2.